The zero-order valence-electron chi connectivity index (χ0n) is 19.7. The average Bonchev–Trinajstić information content (AvgIpc) is 3.41. The number of carbonyl (C=O) groups is 1. The second kappa shape index (κ2) is 9.13. The summed E-state index contributed by atoms with van der Waals surface area (Å²) in [5.74, 6) is 0.541. The van der Waals surface area contributed by atoms with Crippen LogP contribution in [-0.2, 0) is 32.7 Å². The first-order valence-corrected chi connectivity index (χ1v) is 11.8. The predicted octanol–water partition coefficient (Wildman–Crippen LogP) is 5.51. The fourth-order valence-electron chi connectivity index (χ4n) is 4.71. The van der Waals surface area contributed by atoms with Gasteiger partial charge in [0.15, 0.2) is 5.69 Å². The fraction of sp³-hybridized carbons (Fsp3) is 0.269. The summed E-state index contributed by atoms with van der Waals surface area (Å²) in [6, 6.07) is 10.8. The number of aromatic nitrogens is 4. The number of nitrogens with zero attached hydrogens (tertiary/aromatic N) is 5. The Morgan fingerprint density at radius 2 is 1.83 bits per heavy atom. The number of rotatable bonds is 5. The maximum absolute atomic E-state index is 13.9. The van der Waals surface area contributed by atoms with Crippen LogP contribution in [0.5, 0.6) is 0 Å². The minimum atomic E-state index is -4.63. The molecule has 186 valence electrons. The molecule has 3 heterocycles. The van der Waals surface area contributed by atoms with Gasteiger partial charge in [0.05, 0.1) is 0 Å². The Balaban J connectivity index is 1.61. The van der Waals surface area contributed by atoms with Crippen LogP contribution in [0.15, 0.2) is 55.0 Å². The number of alkyl halides is 3. The van der Waals surface area contributed by atoms with Gasteiger partial charge in [-0.25, -0.2) is 4.98 Å². The number of amides is 1. The highest BCUT2D eigenvalue weighted by atomic mass is 35.5. The lowest BCUT2D eigenvalue weighted by atomic mass is 9.88. The van der Waals surface area contributed by atoms with Gasteiger partial charge in [0, 0.05) is 61.4 Å². The molecule has 0 unspecified atom stereocenters. The van der Waals surface area contributed by atoms with Gasteiger partial charge in [-0.05, 0) is 59.9 Å². The third-order valence-corrected chi connectivity index (χ3v) is 6.62. The van der Waals surface area contributed by atoms with E-state index in [9.17, 15) is 18.0 Å². The predicted molar refractivity (Wildman–Crippen MR) is 130 cm³/mol. The molecule has 1 amide bonds. The third kappa shape index (κ3) is 4.63. The fourth-order valence-corrected chi connectivity index (χ4v) is 4.92. The molecule has 2 aromatic heterocycles. The molecular weight excluding hydrogens is 491 g/mol. The Bertz CT molecular complexity index is 1460. The van der Waals surface area contributed by atoms with Crippen molar-refractivity contribution in [2.45, 2.75) is 32.6 Å². The highest BCUT2D eigenvalue weighted by Gasteiger charge is 2.39. The van der Waals surface area contributed by atoms with Crippen LogP contribution < -0.4 is 0 Å². The molecule has 0 fully saturated rings. The van der Waals surface area contributed by atoms with Crippen molar-refractivity contribution >= 4 is 17.5 Å². The van der Waals surface area contributed by atoms with E-state index in [1.54, 1.807) is 41.6 Å². The number of imidazole rings is 1. The minimum absolute atomic E-state index is 0.0263. The second-order valence-electron chi connectivity index (χ2n) is 8.94. The van der Waals surface area contributed by atoms with Gasteiger partial charge >= 0.3 is 6.18 Å². The number of fused-ring (bicyclic) bond motifs is 1. The maximum Gasteiger partial charge on any atom is 0.435 e. The molecule has 2 aromatic carbocycles. The average molecular weight is 514 g/mol. The zero-order valence-corrected chi connectivity index (χ0v) is 20.4. The Kier molecular flexibility index (Phi) is 6.12. The summed E-state index contributed by atoms with van der Waals surface area (Å²) in [4.78, 5) is 19.6. The first-order valence-electron chi connectivity index (χ1n) is 11.4. The number of hydrogen-bond acceptors (Lipinski definition) is 3. The van der Waals surface area contributed by atoms with E-state index < -0.39 is 11.9 Å². The van der Waals surface area contributed by atoms with Gasteiger partial charge in [-0.3, -0.25) is 9.48 Å². The highest BCUT2D eigenvalue weighted by Crippen LogP contribution is 2.40. The standard InChI is InChI=1S/C26H23ClF3N5O/c1-16-31-7-9-34(16)14-18-11-21(23-15-33(2)32-24(23)26(28,29)30)20-6-8-35(25(36)22(20)12-18)13-17-4-3-5-19(27)10-17/h3-5,7,9-12,15H,6,8,13-14H2,1-2H3. The van der Waals surface area contributed by atoms with E-state index in [-0.39, 0.29) is 11.5 Å². The van der Waals surface area contributed by atoms with E-state index in [2.05, 4.69) is 10.1 Å². The molecule has 0 spiro atoms. The van der Waals surface area contributed by atoms with Crippen molar-refractivity contribution < 1.29 is 18.0 Å². The number of aryl methyl sites for hydroxylation is 2. The Labute approximate surface area is 210 Å². The van der Waals surface area contributed by atoms with Crippen molar-refractivity contribution in [3.63, 3.8) is 0 Å². The molecule has 5 rings (SSSR count). The van der Waals surface area contributed by atoms with E-state index >= 15 is 0 Å². The number of carbonyl (C=O) groups excluding carboxylic acids is 1. The Morgan fingerprint density at radius 3 is 2.53 bits per heavy atom. The van der Waals surface area contributed by atoms with Gasteiger partial charge in [-0.15, -0.1) is 0 Å². The van der Waals surface area contributed by atoms with Crippen molar-refractivity contribution in [2.24, 2.45) is 7.05 Å². The molecule has 0 saturated carbocycles. The van der Waals surface area contributed by atoms with Gasteiger partial charge in [0.25, 0.3) is 5.91 Å². The number of hydrogen-bond donors (Lipinski definition) is 0. The van der Waals surface area contributed by atoms with Gasteiger partial charge in [-0.2, -0.15) is 18.3 Å². The van der Waals surface area contributed by atoms with Crippen LogP contribution in [0.3, 0.4) is 0 Å². The lowest BCUT2D eigenvalue weighted by Gasteiger charge is -2.31. The van der Waals surface area contributed by atoms with Gasteiger partial charge < -0.3 is 9.47 Å². The van der Waals surface area contributed by atoms with Crippen LogP contribution in [-0.4, -0.2) is 36.7 Å². The van der Waals surface area contributed by atoms with Gasteiger partial charge in [-0.1, -0.05) is 23.7 Å². The van der Waals surface area contributed by atoms with E-state index in [0.29, 0.717) is 53.3 Å². The number of halogens is 4. The molecule has 0 radical (unpaired) electrons. The Morgan fingerprint density at radius 1 is 1.06 bits per heavy atom. The van der Waals surface area contributed by atoms with Crippen molar-refractivity contribution in [1.29, 1.82) is 0 Å². The molecule has 0 atom stereocenters. The molecular formula is C26H23ClF3N5O. The topological polar surface area (TPSA) is 56.0 Å². The maximum atomic E-state index is 13.9. The summed E-state index contributed by atoms with van der Waals surface area (Å²) in [6.07, 6.45) is 0.626. The number of benzene rings is 2. The molecule has 10 heteroatoms. The van der Waals surface area contributed by atoms with Crippen molar-refractivity contribution in [3.05, 3.63) is 93.8 Å². The normalized spacial score (nSPS) is 13.8. The second-order valence-corrected chi connectivity index (χ2v) is 9.38. The van der Waals surface area contributed by atoms with Crippen molar-refractivity contribution in [1.82, 2.24) is 24.2 Å². The minimum Gasteiger partial charge on any atom is -0.334 e. The van der Waals surface area contributed by atoms with E-state index in [4.69, 9.17) is 11.6 Å². The van der Waals surface area contributed by atoms with E-state index in [1.807, 2.05) is 23.6 Å². The lowest BCUT2D eigenvalue weighted by molar-refractivity contribution is -0.140. The van der Waals surface area contributed by atoms with Gasteiger partial charge in [0.1, 0.15) is 5.82 Å². The monoisotopic (exact) mass is 513 g/mol. The SMILES string of the molecule is Cc1nccn1Cc1cc2c(c(-c3cn(C)nc3C(F)(F)F)c1)CCN(Cc1cccc(Cl)c1)C2=O. The molecule has 1 aliphatic rings. The molecule has 4 aromatic rings. The first kappa shape index (κ1) is 24.1. The lowest BCUT2D eigenvalue weighted by Crippen LogP contribution is -2.37. The van der Waals surface area contributed by atoms with E-state index in [1.165, 1.54) is 13.2 Å². The molecule has 1 aliphatic heterocycles. The third-order valence-electron chi connectivity index (χ3n) is 6.39. The molecule has 0 aliphatic carbocycles. The molecule has 0 saturated heterocycles. The largest absolute Gasteiger partial charge is 0.435 e. The Hall–Kier alpha value is -3.59. The van der Waals surface area contributed by atoms with E-state index in [0.717, 1.165) is 16.1 Å². The summed E-state index contributed by atoms with van der Waals surface area (Å²) in [5, 5.41) is 4.27. The molecule has 36 heavy (non-hydrogen) atoms. The van der Waals surface area contributed by atoms with Crippen LogP contribution in [0, 0.1) is 6.92 Å². The van der Waals surface area contributed by atoms with Crippen LogP contribution in [0.1, 0.15) is 38.6 Å². The summed E-state index contributed by atoms with van der Waals surface area (Å²) >= 11 is 6.11. The smallest absolute Gasteiger partial charge is 0.334 e. The summed E-state index contributed by atoms with van der Waals surface area (Å²) in [5.41, 5.74) is 2.00. The van der Waals surface area contributed by atoms with Crippen molar-refractivity contribution in [3.8, 4) is 11.1 Å². The summed E-state index contributed by atoms with van der Waals surface area (Å²) in [6.45, 7) is 2.96. The molecule has 0 bridgehead atoms. The molecule has 6 nitrogen and oxygen atoms in total. The van der Waals surface area contributed by atoms with Crippen LogP contribution >= 0.6 is 11.6 Å². The quantitative estimate of drug-likeness (QED) is 0.353. The highest BCUT2D eigenvalue weighted by molar-refractivity contribution is 6.30. The van der Waals surface area contributed by atoms with Crippen LogP contribution in [0.2, 0.25) is 5.02 Å². The zero-order chi connectivity index (χ0) is 25.6. The first-order chi connectivity index (χ1) is 17.1. The van der Waals surface area contributed by atoms with Crippen molar-refractivity contribution in [2.75, 3.05) is 6.54 Å². The summed E-state index contributed by atoms with van der Waals surface area (Å²) in [7, 11) is 1.46. The van der Waals surface area contributed by atoms with Crippen LogP contribution in [0.25, 0.3) is 11.1 Å². The summed E-state index contributed by atoms with van der Waals surface area (Å²) < 4.78 is 44.7. The molecule has 0 N–H and O–H groups in total. The van der Waals surface area contributed by atoms with Gasteiger partial charge in [0.2, 0.25) is 0 Å². The van der Waals surface area contributed by atoms with Crippen LogP contribution in [0.4, 0.5) is 13.2 Å².